The summed E-state index contributed by atoms with van der Waals surface area (Å²) < 4.78 is 0. The van der Waals surface area contributed by atoms with Crippen molar-refractivity contribution in [1.29, 1.82) is 0 Å². The third kappa shape index (κ3) is 4.27. The normalized spacial score (nSPS) is 19.3. The average molecular weight is 407 g/mol. The maximum Gasteiger partial charge on any atom is 0.252 e. The minimum Gasteiger partial charge on any atom is -0.384 e. The molecule has 0 spiro atoms. The van der Waals surface area contributed by atoms with E-state index in [-0.39, 0.29) is 23.6 Å². The number of hydrogen-bond donors (Lipinski definition) is 2. The van der Waals surface area contributed by atoms with Crippen molar-refractivity contribution >= 4 is 34.9 Å². The lowest BCUT2D eigenvalue weighted by Crippen LogP contribution is -2.35. The molecular weight excluding hydrogens is 382 g/mol. The van der Waals surface area contributed by atoms with E-state index in [1.165, 1.54) is 6.20 Å². The molecule has 2 aliphatic rings. The second-order valence-corrected chi connectivity index (χ2v) is 7.78. The number of benzene rings is 1. The quantitative estimate of drug-likeness (QED) is 0.788. The Hall–Kier alpha value is -3.42. The maximum atomic E-state index is 12.5. The molecule has 3 amide bonds. The van der Waals surface area contributed by atoms with Crippen molar-refractivity contribution in [1.82, 2.24) is 10.3 Å². The van der Waals surface area contributed by atoms with Gasteiger partial charge in [0, 0.05) is 56.0 Å². The summed E-state index contributed by atoms with van der Waals surface area (Å²) in [6.45, 7) is 1.69. The van der Waals surface area contributed by atoms with Crippen LogP contribution in [0, 0.1) is 5.92 Å². The van der Waals surface area contributed by atoms with Crippen molar-refractivity contribution < 1.29 is 14.4 Å². The molecule has 2 fully saturated rings. The summed E-state index contributed by atoms with van der Waals surface area (Å²) in [5.74, 6) is 0.346. The predicted octanol–water partition coefficient (Wildman–Crippen LogP) is 1.96. The van der Waals surface area contributed by atoms with Crippen molar-refractivity contribution in [2.45, 2.75) is 25.7 Å². The summed E-state index contributed by atoms with van der Waals surface area (Å²) in [5.41, 5.74) is 7.66. The zero-order valence-electron chi connectivity index (χ0n) is 16.7. The van der Waals surface area contributed by atoms with Crippen LogP contribution < -0.4 is 20.9 Å². The molecule has 0 aliphatic carbocycles. The molecular formula is C22H25N5O3. The molecule has 0 saturated carbocycles. The maximum absolute atomic E-state index is 12.5. The van der Waals surface area contributed by atoms with Crippen molar-refractivity contribution in [3.8, 4) is 0 Å². The second-order valence-electron chi connectivity index (χ2n) is 7.78. The molecule has 0 radical (unpaired) electrons. The molecule has 1 unspecified atom stereocenters. The van der Waals surface area contributed by atoms with Crippen molar-refractivity contribution in [2.24, 2.45) is 5.92 Å². The number of nitrogens with zero attached hydrogens (tertiary/aromatic N) is 3. The number of aromatic nitrogens is 1. The standard InChI is InChI=1S/C22H25N5O3/c23-19-9-4-16(13-24-19)22(30)25-12-15-11-21(29)27(14-15)18-7-5-17(6-8-18)26-10-2-1-3-20(26)28/h4-9,13,15H,1-3,10-12,14H2,(H2,23,24)(H,25,30). The SMILES string of the molecule is Nc1ccc(C(=O)NCC2CC(=O)N(c3ccc(N4CCCCC4=O)cc3)C2)cn1. The van der Waals surface area contributed by atoms with Crippen LogP contribution in [0.2, 0.25) is 0 Å². The fourth-order valence-corrected chi connectivity index (χ4v) is 3.94. The number of nitrogen functional groups attached to an aromatic ring is 1. The Morgan fingerprint density at radius 1 is 1.03 bits per heavy atom. The first-order chi connectivity index (χ1) is 14.5. The summed E-state index contributed by atoms with van der Waals surface area (Å²) >= 11 is 0. The number of nitrogens with two attached hydrogens (primary N) is 1. The lowest BCUT2D eigenvalue weighted by Gasteiger charge is -2.27. The molecule has 8 nitrogen and oxygen atoms in total. The van der Waals surface area contributed by atoms with Gasteiger partial charge in [0.05, 0.1) is 5.56 Å². The molecule has 3 heterocycles. The van der Waals surface area contributed by atoms with E-state index in [4.69, 9.17) is 5.73 Å². The second kappa shape index (κ2) is 8.52. The first-order valence-electron chi connectivity index (χ1n) is 10.2. The third-order valence-electron chi connectivity index (χ3n) is 5.60. The van der Waals surface area contributed by atoms with Gasteiger partial charge in [0.1, 0.15) is 5.82 Å². The Kier molecular flexibility index (Phi) is 5.65. The van der Waals surface area contributed by atoms with Crippen molar-refractivity contribution in [3.05, 3.63) is 48.2 Å². The van der Waals surface area contributed by atoms with E-state index in [2.05, 4.69) is 10.3 Å². The summed E-state index contributed by atoms with van der Waals surface area (Å²) in [6, 6.07) is 10.8. The third-order valence-corrected chi connectivity index (χ3v) is 5.60. The number of amides is 3. The number of piperidine rings is 1. The lowest BCUT2D eigenvalue weighted by molar-refractivity contribution is -0.119. The molecule has 1 aromatic carbocycles. The van der Waals surface area contributed by atoms with E-state index in [0.717, 1.165) is 30.8 Å². The molecule has 4 rings (SSSR count). The van der Waals surface area contributed by atoms with Crippen LogP contribution in [0.15, 0.2) is 42.6 Å². The first kappa shape index (κ1) is 19.9. The average Bonchev–Trinajstić information content (AvgIpc) is 3.13. The van der Waals surface area contributed by atoms with Crippen LogP contribution in [0.5, 0.6) is 0 Å². The van der Waals surface area contributed by atoms with E-state index in [9.17, 15) is 14.4 Å². The van der Waals surface area contributed by atoms with Gasteiger partial charge in [-0.15, -0.1) is 0 Å². The van der Waals surface area contributed by atoms with Gasteiger partial charge in [-0.25, -0.2) is 4.98 Å². The molecule has 2 aromatic rings. The highest BCUT2D eigenvalue weighted by molar-refractivity contribution is 5.97. The van der Waals surface area contributed by atoms with E-state index in [1.807, 2.05) is 29.2 Å². The lowest BCUT2D eigenvalue weighted by atomic mass is 10.1. The summed E-state index contributed by atoms with van der Waals surface area (Å²) in [6.07, 6.45) is 4.37. The molecule has 0 bridgehead atoms. The number of rotatable bonds is 5. The highest BCUT2D eigenvalue weighted by atomic mass is 16.2. The van der Waals surface area contributed by atoms with Gasteiger partial charge < -0.3 is 20.9 Å². The number of pyridine rings is 1. The van der Waals surface area contributed by atoms with Crippen LogP contribution in [0.25, 0.3) is 0 Å². The molecule has 3 N–H and O–H groups in total. The first-order valence-corrected chi connectivity index (χ1v) is 10.2. The number of hydrogen-bond acceptors (Lipinski definition) is 5. The molecule has 156 valence electrons. The number of carbonyl (C=O) groups excluding carboxylic acids is 3. The van der Waals surface area contributed by atoms with Crippen LogP contribution >= 0.6 is 0 Å². The zero-order chi connectivity index (χ0) is 21.1. The molecule has 30 heavy (non-hydrogen) atoms. The van der Waals surface area contributed by atoms with E-state index in [1.54, 1.807) is 17.0 Å². The highest BCUT2D eigenvalue weighted by Gasteiger charge is 2.31. The Morgan fingerprint density at radius 3 is 2.43 bits per heavy atom. The van der Waals surface area contributed by atoms with Gasteiger partial charge in [0.2, 0.25) is 11.8 Å². The van der Waals surface area contributed by atoms with Gasteiger partial charge in [-0.05, 0) is 49.2 Å². The molecule has 1 aromatic heterocycles. The summed E-state index contributed by atoms with van der Waals surface area (Å²) in [5, 5.41) is 2.87. The van der Waals surface area contributed by atoms with Gasteiger partial charge in [-0.3, -0.25) is 14.4 Å². The van der Waals surface area contributed by atoms with Gasteiger partial charge in [0.25, 0.3) is 5.91 Å². The number of nitrogens with one attached hydrogen (secondary N) is 1. The molecule has 2 aliphatic heterocycles. The minimum atomic E-state index is -0.232. The largest absolute Gasteiger partial charge is 0.384 e. The van der Waals surface area contributed by atoms with Crippen LogP contribution in [0.4, 0.5) is 17.2 Å². The molecule has 8 heteroatoms. The van der Waals surface area contributed by atoms with Crippen LogP contribution in [0.3, 0.4) is 0 Å². The zero-order valence-corrected chi connectivity index (χ0v) is 16.7. The fraction of sp³-hybridized carbons (Fsp3) is 0.364. The van der Waals surface area contributed by atoms with E-state index >= 15 is 0 Å². The van der Waals surface area contributed by atoms with Crippen LogP contribution in [-0.4, -0.2) is 42.3 Å². The van der Waals surface area contributed by atoms with Crippen LogP contribution in [0.1, 0.15) is 36.0 Å². The van der Waals surface area contributed by atoms with Gasteiger partial charge in [-0.1, -0.05) is 0 Å². The number of anilines is 3. The predicted molar refractivity (Wildman–Crippen MR) is 114 cm³/mol. The Bertz CT molecular complexity index is 942. The monoisotopic (exact) mass is 407 g/mol. The van der Waals surface area contributed by atoms with Gasteiger partial charge in [0.15, 0.2) is 0 Å². The number of carbonyl (C=O) groups is 3. The van der Waals surface area contributed by atoms with E-state index < -0.39 is 0 Å². The smallest absolute Gasteiger partial charge is 0.252 e. The Morgan fingerprint density at radius 2 is 1.77 bits per heavy atom. The van der Waals surface area contributed by atoms with Gasteiger partial charge >= 0.3 is 0 Å². The fourth-order valence-electron chi connectivity index (χ4n) is 3.94. The van der Waals surface area contributed by atoms with Crippen molar-refractivity contribution in [2.75, 3.05) is 35.2 Å². The Balaban J connectivity index is 1.34. The summed E-state index contributed by atoms with van der Waals surface area (Å²) in [4.78, 5) is 44.3. The highest BCUT2D eigenvalue weighted by Crippen LogP contribution is 2.28. The summed E-state index contributed by atoms with van der Waals surface area (Å²) in [7, 11) is 0. The minimum absolute atomic E-state index is 0.0326. The van der Waals surface area contributed by atoms with Gasteiger partial charge in [-0.2, -0.15) is 0 Å². The van der Waals surface area contributed by atoms with E-state index in [0.29, 0.717) is 37.3 Å². The molecule has 1 atom stereocenters. The van der Waals surface area contributed by atoms with Crippen molar-refractivity contribution in [3.63, 3.8) is 0 Å². The molecule has 2 saturated heterocycles. The Labute approximate surface area is 175 Å². The van der Waals surface area contributed by atoms with Crippen LogP contribution in [-0.2, 0) is 9.59 Å². The topological polar surface area (TPSA) is 109 Å².